The summed E-state index contributed by atoms with van der Waals surface area (Å²) in [6, 6.07) is 14.3. The Balaban J connectivity index is 2.09. The van der Waals surface area contributed by atoms with E-state index in [-0.39, 0.29) is 10.8 Å². The molecule has 0 fully saturated rings. The van der Waals surface area contributed by atoms with Gasteiger partial charge < -0.3 is 0 Å². The third kappa shape index (κ3) is 4.30. The Kier molecular flexibility index (Phi) is 5.43. The molecule has 1 unspecified atom stereocenters. The fraction of sp³-hybridized carbons (Fsp3) is 0.200. The molecular formula is C15H15BrClNO2S. The van der Waals surface area contributed by atoms with Crippen LogP contribution in [0.5, 0.6) is 0 Å². The summed E-state index contributed by atoms with van der Waals surface area (Å²) in [4.78, 5) is 0.194. The lowest BCUT2D eigenvalue weighted by atomic mass is 10.0. The fourth-order valence-electron chi connectivity index (χ4n) is 1.86. The van der Waals surface area contributed by atoms with Gasteiger partial charge in [0.1, 0.15) is 0 Å². The van der Waals surface area contributed by atoms with Crippen molar-refractivity contribution in [1.29, 1.82) is 0 Å². The third-order valence-corrected chi connectivity index (χ3v) is 5.78. The second kappa shape index (κ2) is 6.92. The number of sulfonamides is 1. The van der Waals surface area contributed by atoms with E-state index in [2.05, 4.69) is 20.7 Å². The lowest BCUT2D eigenvalue weighted by Gasteiger charge is -2.13. The molecule has 0 aliphatic rings. The molecule has 21 heavy (non-hydrogen) atoms. The molecular weight excluding hydrogens is 374 g/mol. The second-order valence-electron chi connectivity index (χ2n) is 4.74. The van der Waals surface area contributed by atoms with Crippen LogP contribution in [-0.2, 0) is 10.0 Å². The molecule has 112 valence electrons. The predicted molar refractivity (Wildman–Crippen MR) is 89.2 cm³/mol. The van der Waals surface area contributed by atoms with E-state index < -0.39 is 10.0 Å². The molecule has 6 heteroatoms. The van der Waals surface area contributed by atoms with E-state index in [1.165, 1.54) is 12.1 Å². The molecule has 0 heterocycles. The maximum Gasteiger partial charge on any atom is 0.240 e. The highest BCUT2D eigenvalue weighted by Crippen LogP contribution is 2.25. The van der Waals surface area contributed by atoms with Crippen molar-refractivity contribution in [2.75, 3.05) is 6.54 Å². The van der Waals surface area contributed by atoms with Crippen molar-refractivity contribution in [3.05, 3.63) is 63.6 Å². The van der Waals surface area contributed by atoms with Crippen molar-refractivity contribution >= 4 is 37.6 Å². The van der Waals surface area contributed by atoms with Crippen LogP contribution in [0.3, 0.4) is 0 Å². The topological polar surface area (TPSA) is 46.2 Å². The molecule has 1 atom stereocenters. The molecule has 0 amide bonds. The third-order valence-electron chi connectivity index (χ3n) is 3.15. The van der Waals surface area contributed by atoms with Crippen LogP contribution in [0.4, 0.5) is 0 Å². The first kappa shape index (κ1) is 16.5. The molecule has 0 aliphatic carbocycles. The first-order valence-electron chi connectivity index (χ1n) is 6.40. The van der Waals surface area contributed by atoms with Gasteiger partial charge in [-0.3, -0.25) is 0 Å². The highest BCUT2D eigenvalue weighted by atomic mass is 79.9. The van der Waals surface area contributed by atoms with E-state index in [4.69, 9.17) is 11.6 Å². The zero-order valence-corrected chi connectivity index (χ0v) is 14.5. The van der Waals surface area contributed by atoms with Gasteiger partial charge in [0.2, 0.25) is 10.0 Å². The second-order valence-corrected chi connectivity index (χ2v) is 7.77. The van der Waals surface area contributed by atoms with Crippen LogP contribution >= 0.6 is 27.5 Å². The van der Waals surface area contributed by atoms with E-state index in [0.717, 1.165) is 5.56 Å². The highest BCUT2D eigenvalue weighted by Gasteiger charge is 2.16. The SMILES string of the molecule is CC(CNS(=O)(=O)c1ccc(Cl)c(Br)c1)c1ccccc1. The first-order chi connectivity index (χ1) is 9.90. The average Bonchev–Trinajstić information content (AvgIpc) is 2.48. The van der Waals surface area contributed by atoms with E-state index in [9.17, 15) is 8.42 Å². The van der Waals surface area contributed by atoms with E-state index in [1.807, 2.05) is 37.3 Å². The average molecular weight is 389 g/mol. The van der Waals surface area contributed by atoms with Gasteiger partial charge in [-0.1, -0.05) is 48.9 Å². The van der Waals surface area contributed by atoms with Crippen molar-refractivity contribution in [2.45, 2.75) is 17.7 Å². The zero-order chi connectivity index (χ0) is 15.5. The Hall–Kier alpha value is -0.880. The molecule has 0 saturated heterocycles. The van der Waals surface area contributed by atoms with Gasteiger partial charge in [-0.25, -0.2) is 13.1 Å². The van der Waals surface area contributed by atoms with Crippen molar-refractivity contribution in [3.8, 4) is 0 Å². The number of rotatable bonds is 5. The Labute approximate surface area is 138 Å². The van der Waals surface area contributed by atoms with Crippen molar-refractivity contribution in [2.24, 2.45) is 0 Å². The standard InChI is InChI=1S/C15H15BrClNO2S/c1-11(12-5-3-2-4-6-12)10-18-21(19,20)13-7-8-15(17)14(16)9-13/h2-9,11,18H,10H2,1H3. The van der Waals surface area contributed by atoms with Crippen molar-refractivity contribution < 1.29 is 8.42 Å². The monoisotopic (exact) mass is 387 g/mol. The number of hydrogen-bond acceptors (Lipinski definition) is 2. The minimum Gasteiger partial charge on any atom is -0.211 e. The van der Waals surface area contributed by atoms with Crippen LogP contribution < -0.4 is 4.72 Å². The molecule has 0 aromatic heterocycles. The van der Waals surface area contributed by atoms with E-state index in [1.54, 1.807) is 6.07 Å². The van der Waals surface area contributed by atoms with Crippen LogP contribution in [0.15, 0.2) is 57.9 Å². The maximum atomic E-state index is 12.3. The first-order valence-corrected chi connectivity index (χ1v) is 9.05. The molecule has 2 aromatic carbocycles. The summed E-state index contributed by atoms with van der Waals surface area (Å²) in [5.41, 5.74) is 1.09. The normalized spacial score (nSPS) is 13.1. The number of benzene rings is 2. The predicted octanol–water partition coefficient (Wildman–Crippen LogP) is 4.18. The van der Waals surface area contributed by atoms with Crippen molar-refractivity contribution in [3.63, 3.8) is 0 Å². The van der Waals surface area contributed by atoms with Gasteiger partial charge in [-0.05, 0) is 45.6 Å². The van der Waals surface area contributed by atoms with E-state index in [0.29, 0.717) is 16.0 Å². The molecule has 0 spiro atoms. The minimum absolute atomic E-state index is 0.0942. The Morgan fingerprint density at radius 1 is 1.19 bits per heavy atom. The number of nitrogens with one attached hydrogen (secondary N) is 1. The van der Waals surface area contributed by atoms with Gasteiger partial charge in [0.05, 0.1) is 9.92 Å². The minimum atomic E-state index is -3.54. The van der Waals surface area contributed by atoms with Crippen LogP contribution in [0, 0.1) is 0 Å². The summed E-state index contributed by atoms with van der Waals surface area (Å²) >= 11 is 9.11. The lowest BCUT2D eigenvalue weighted by molar-refractivity contribution is 0.575. The van der Waals surface area contributed by atoms with Crippen molar-refractivity contribution in [1.82, 2.24) is 4.72 Å². The summed E-state index contributed by atoms with van der Waals surface area (Å²) in [6.45, 7) is 2.32. The summed E-state index contributed by atoms with van der Waals surface area (Å²) in [5, 5.41) is 0.478. The largest absolute Gasteiger partial charge is 0.240 e. The van der Waals surface area contributed by atoms with Crippen LogP contribution in [0.2, 0.25) is 5.02 Å². The van der Waals surface area contributed by atoms with Gasteiger partial charge in [0, 0.05) is 11.0 Å². The molecule has 2 rings (SSSR count). The molecule has 0 radical (unpaired) electrons. The summed E-state index contributed by atoms with van der Waals surface area (Å²) in [7, 11) is -3.54. The van der Waals surface area contributed by atoms with Gasteiger partial charge in [-0.2, -0.15) is 0 Å². The van der Waals surface area contributed by atoms with Gasteiger partial charge in [0.25, 0.3) is 0 Å². The molecule has 0 saturated carbocycles. The summed E-state index contributed by atoms with van der Waals surface area (Å²) < 4.78 is 27.7. The zero-order valence-electron chi connectivity index (χ0n) is 11.4. The maximum absolute atomic E-state index is 12.3. The highest BCUT2D eigenvalue weighted by molar-refractivity contribution is 9.10. The van der Waals surface area contributed by atoms with Gasteiger partial charge >= 0.3 is 0 Å². The molecule has 2 aromatic rings. The van der Waals surface area contributed by atoms with Crippen LogP contribution in [-0.4, -0.2) is 15.0 Å². The van der Waals surface area contributed by atoms with E-state index >= 15 is 0 Å². The smallest absolute Gasteiger partial charge is 0.211 e. The fourth-order valence-corrected chi connectivity index (χ4v) is 3.67. The molecule has 0 aliphatic heterocycles. The molecule has 1 N–H and O–H groups in total. The summed E-state index contributed by atoms with van der Waals surface area (Å²) in [6.07, 6.45) is 0. The Morgan fingerprint density at radius 2 is 1.86 bits per heavy atom. The number of halogens is 2. The number of hydrogen-bond donors (Lipinski definition) is 1. The van der Waals surface area contributed by atoms with Crippen LogP contribution in [0.1, 0.15) is 18.4 Å². The molecule has 3 nitrogen and oxygen atoms in total. The lowest BCUT2D eigenvalue weighted by Crippen LogP contribution is -2.27. The van der Waals surface area contributed by atoms with Crippen LogP contribution in [0.25, 0.3) is 0 Å². The van der Waals surface area contributed by atoms with Gasteiger partial charge in [-0.15, -0.1) is 0 Å². The van der Waals surface area contributed by atoms with Gasteiger partial charge in [0.15, 0.2) is 0 Å². The quantitative estimate of drug-likeness (QED) is 0.835. The molecule has 0 bridgehead atoms. The summed E-state index contributed by atoms with van der Waals surface area (Å²) in [5.74, 6) is 0.0942. The Bertz CT molecular complexity index is 720. The Morgan fingerprint density at radius 3 is 2.48 bits per heavy atom.